The van der Waals surface area contributed by atoms with Gasteiger partial charge >= 0.3 is 0 Å². The quantitative estimate of drug-likeness (QED) is 0.743. The van der Waals surface area contributed by atoms with E-state index in [1.807, 2.05) is 6.92 Å². The molecular formula is C16H23NO3. The molecule has 4 heteroatoms. The Balaban J connectivity index is 2.57. The maximum atomic E-state index is 11.8. The van der Waals surface area contributed by atoms with E-state index in [0.717, 1.165) is 12.8 Å². The van der Waals surface area contributed by atoms with Gasteiger partial charge in [-0.2, -0.15) is 0 Å². The van der Waals surface area contributed by atoms with E-state index < -0.39 is 0 Å². The lowest BCUT2D eigenvalue weighted by atomic mass is 10.1. The van der Waals surface area contributed by atoms with Crippen LogP contribution < -0.4 is 10.1 Å². The van der Waals surface area contributed by atoms with Gasteiger partial charge < -0.3 is 10.1 Å². The highest BCUT2D eigenvalue weighted by molar-refractivity contribution is 5.98. The van der Waals surface area contributed by atoms with Gasteiger partial charge in [0, 0.05) is 12.5 Å². The molecule has 0 aliphatic carbocycles. The van der Waals surface area contributed by atoms with Crippen LogP contribution in [0.15, 0.2) is 24.3 Å². The molecule has 0 saturated heterocycles. The van der Waals surface area contributed by atoms with Gasteiger partial charge in [-0.1, -0.05) is 32.4 Å². The minimum absolute atomic E-state index is 0.0142. The van der Waals surface area contributed by atoms with Crippen molar-refractivity contribution < 1.29 is 14.3 Å². The summed E-state index contributed by atoms with van der Waals surface area (Å²) in [5.41, 5.74) is 0.532. The first kappa shape index (κ1) is 16.2. The highest BCUT2D eigenvalue weighted by Gasteiger charge is 2.12. The molecular weight excluding hydrogens is 254 g/mol. The fraction of sp³-hybridized carbons (Fsp3) is 0.500. The lowest BCUT2D eigenvalue weighted by Gasteiger charge is -2.14. The molecule has 0 aromatic heterocycles. The van der Waals surface area contributed by atoms with Crippen LogP contribution in [-0.2, 0) is 4.79 Å². The summed E-state index contributed by atoms with van der Waals surface area (Å²) in [5, 5.41) is 2.86. The minimum atomic E-state index is -0.162. The zero-order chi connectivity index (χ0) is 15.0. The number of carbonyl (C=O) groups excluding carboxylic acids is 2. The highest BCUT2D eigenvalue weighted by atomic mass is 16.5. The Kier molecular flexibility index (Phi) is 6.77. The molecule has 110 valence electrons. The number of amides is 1. The summed E-state index contributed by atoms with van der Waals surface area (Å²) in [6.45, 7) is 5.78. The molecule has 0 fully saturated rings. The molecule has 4 nitrogen and oxygen atoms in total. The molecule has 1 rings (SSSR count). The van der Waals surface area contributed by atoms with E-state index in [-0.39, 0.29) is 24.3 Å². The second-order valence-electron chi connectivity index (χ2n) is 4.82. The number of nitrogens with one attached hydrogen (secondary N) is 1. The Hall–Kier alpha value is -1.84. The monoisotopic (exact) mass is 277 g/mol. The third-order valence-electron chi connectivity index (χ3n) is 3.00. The topological polar surface area (TPSA) is 55.4 Å². The van der Waals surface area contributed by atoms with Gasteiger partial charge in [-0.15, -0.1) is 0 Å². The number of benzene rings is 1. The molecule has 1 amide bonds. The molecule has 0 heterocycles. The van der Waals surface area contributed by atoms with Crippen molar-refractivity contribution in [2.24, 2.45) is 0 Å². The summed E-state index contributed by atoms with van der Waals surface area (Å²) in [7, 11) is 0. The molecule has 1 aromatic carbocycles. The Bertz CT molecular complexity index is 457. The number of ketones is 1. The van der Waals surface area contributed by atoms with Crippen LogP contribution in [0.4, 0.5) is 0 Å². The van der Waals surface area contributed by atoms with Crippen LogP contribution in [0.5, 0.6) is 5.75 Å². The Labute approximate surface area is 120 Å². The van der Waals surface area contributed by atoms with Crippen molar-refractivity contribution in [1.29, 1.82) is 0 Å². The predicted octanol–water partition coefficient (Wildman–Crippen LogP) is 2.96. The Morgan fingerprint density at radius 2 is 1.95 bits per heavy atom. The third kappa shape index (κ3) is 5.03. The SMILES string of the molecule is CCCC(C)NC(=O)COc1ccccc1C(=O)CC. The smallest absolute Gasteiger partial charge is 0.258 e. The molecule has 0 aliphatic heterocycles. The van der Waals surface area contributed by atoms with Crippen molar-refractivity contribution in [1.82, 2.24) is 5.32 Å². The molecule has 20 heavy (non-hydrogen) atoms. The molecule has 0 radical (unpaired) electrons. The van der Waals surface area contributed by atoms with Crippen molar-refractivity contribution in [3.05, 3.63) is 29.8 Å². The number of hydrogen-bond donors (Lipinski definition) is 1. The van der Waals surface area contributed by atoms with Crippen LogP contribution in [0.2, 0.25) is 0 Å². The van der Waals surface area contributed by atoms with E-state index in [4.69, 9.17) is 4.74 Å². The number of para-hydroxylation sites is 1. The summed E-state index contributed by atoms with van der Waals surface area (Å²) in [6, 6.07) is 7.16. The van der Waals surface area contributed by atoms with Crippen molar-refractivity contribution in [3.63, 3.8) is 0 Å². The van der Waals surface area contributed by atoms with Crippen LogP contribution in [0.25, 0.3) is 0 Å². The molecule has 0 aliphatic rings. The van der Waals surface area contributed by atoms with Gasteiger partial charge in [-0.3, -0.25) is 9.59 Å². The molecule has 1 aromatic rings. The van der Waals surface area contributed by atoms with Gasteiger partial charge in [0.2, 0.25) is 0 Å². The third-order valence-corrected chi connectivity index (χ3v) is 3.00. The standard InChI is InChI=1S/C16H23NO3/c1-4-8-12(3)17-16(19)11-20-15-10-7-6-9-13(15)14(18)5-2/h6-7,9-10,12H,4-5,8,11H2,1-3H3,(H,17,19). The number of Topliss-reactive ketones (excluding diaryl/α,β-unsaturated/α-hetero) is 1. The van der Waals surface area contributed by atoms with Crippen molar-refractivity contribution in [2.45, 2.75) is 46.1 Å². The van der Waals surface area contributed by atoms with Gasteiger partial charge in [0.15, 0.2) is 12.4 Å². The molecule has 0 saturated carbocycles. The lowest BCUT2D eigenvalue weighted by molar-refractivity contribution is -0.123. The molecule has 1 unspecified atom stereocenters. The number of rotatable bonds is 8. The second-order valence-corrected chi connectivity index (χ2v) is 4.82. The average molecular weight is 277 g/mol. The van der Waals surface area contributed by atoms with Crippen LogP contribution in [0.1, 0.15) is 50.4 Å². The zero-order valence-electron chi connectivity index (χ0n) is 12.4. The highest BCUT2D eigenvalue weighted by Crippen LogP contribution is 2.19. The van der Waals surface area contributed by atoms with E-state index >= 15 is 0 Å². The lowest BCUT2D eigenvalue weighted by Crippen LogP contribution is -2.36. The summed E-state index contributed by atoms with van der Waals surface area (Å²) in [5.74, 6) is 0.322. The maximum Gasteiger partial charge on any atom is 0.258 e. The fourth-order valence-electron chi connectivity index (χ4n) is 1.98. The Morgan fingerprint density at radius 3 is 2.60 bits per heavy atom. The van der Waals surface area contributed by atoms with Crippen molar-refractivity contribution in [2.75, 3.05) is 6.61 Å². The van der Waals surface area contributed by atoms with E-state index in [9.17, 15) is 9.59 Å². The van der Waals surface area contributed by atoms with E-state index in [1.165, 1.54) is 0 Å². The normalized spacial score (nSPS) is 11.8. The summed E-state index contributed by atoms with van der Waals surface area (Å²) >= 11 is 0. The second kappa shape index (κ2) is 8.35. The Morgan fingerprint density at radius 1 is 1.25 bits per heavy atom. The van der Waals surface area contributed by atoms with Gasteiger partial charge in [0.05, 0.1) is 5.56 Å². The first-order valence-electron chi connectivity index (χ1n) is 7.12. The molecule has 0 spiro atoms. The van der Waals surface area contributed by atoms with Crippen LogP contribution in [0, 0.1) is 0 Å². The minimum Gasteiger partial charge on any atom is -0.483 e. The zero-order valence-corrected chi connectivity index (χ0v) is 12.4. The van der Waals surface area contributed by atoms with Crippen LogP contribution in [-0.4, -0.2) is 24.3 Å². The van der Waals surface area contributed by atoms with E-state index in [1.54, 1.807) is 31.2 Å². The largest absolute Gasteiger partial charge is 0.483 e. The predicted molar refractivity (Wildman–Crippen MR) is 79.1 cm³/mol. The molecule has 0 bridgehead atoms. The first-order chi connectivity index (χ1) is 9.58. The van der Waals surface area contributed by atoms with Crippen LogP contribution >= 0.6 is 0 Å². The van der Waals surface area contributed by atoms with Gasteiger partial charge in [-0.25, -0.2) is 0 Å². The van der Waals surface area contributed by atoms with Gasteiger partial charge in [0.25, 0.3) is 5.91 Å². The van der Waals surface area contributed by atoms with E-state index in [0.29, 0.717) is 17.7 Å². The molecule has 1 N–H and O–H groups in total. The van der Waals surface area contributed by atoms with Gasteiger partial charge in [-0.05, 0) is 25.5 Å². The summed E-state index contributed by atoms with van der Waals surface area (Å²) in [6.07, 6.45) is 2.38. The maximum absolute atomic E-state index is 11.8. The average Bonchev–Trinajstić information content (AvgIpc) is 2.44. The van der Waals surface area contributed by atoms with Crippen molar-refractivity contribution >= 4 is 11.7 Å². The van der Waals surface area contributed by atoms with E-state index in [2.05, 4.69) is 12.2 Å². The first-order valence-corrected chi connectivity index (χ1v) is 7.12. The molecule has 1 atom stereocenters. The number of hydrogen-bond acceptors (Lipinski definition) is 3. The van der Waals surface area contributed by atoms with Gasteiger partial charge in [0.1, 0.15) is 5.75 Å². The van der Waals surface area contributed by atoms with Crippen LogP contribution in [0.3, 0.4) is 0 Å². The summed E-state index contributed by atoms with van der Waals surface area (Å²) in [4.78, 5) is 23.5. The summed E-state index contributed by atoms with van der Waals surface area (Å²) < 4.78 is 5.47. The number of ether oxygens (including phenoxy) is 1. The van der Waals surface area contributed by atoms with Crippen molar-refractivity contribution in [3.8, 4) is 5.75 Å². The fourth-order valence-corrected chi connectivity index (χ4v) is 1.98. The number of carbonyl (C=O) groups is 2.